The van der Waals surface area contributed by atoms with Crippen molar-refractivity contribution in [1.82, 2.24) is 15.0 Å². The highest BCUT2D eigenvalue weighted by Crippen LogP contribution is 2.24. The van der Waals surface area contributed by atoms with Gasteiger partial charge in [-0.2, -0.15) is 0 Å². The van der Waals surface area contributed by atoms with Crippen LogP contribution in [0.1, 0.15) is 49.6 Å². The van der Waals surface area contributed by atoms with Crippen molar-refractivity contribution in [3.63, 3.8) is 0 Å². The molecule has 2 aromatic rings. The van der Waals surface area contributed by atoms with Crippen LogP contribution in [0.5, 0.6) is 0 Å². The van der Waals surface area contributed by atoms with Gasteiger partial charge in [0.1, 0.15) is 11.6 Å². The van der Waals surface area contributed by atoms with Crippen LogP contribution in [0, 0.1) is 0 Å². The van der Waals surface area contributed by atoms with Crippen molar-refractivity contribution in [3.8, 4) is 0 Å². The number of nitrogens with zero attached hydrogens (tertiary/aromatic N) is 4. The average molecular weight is 375 g/mol. The number of hydrogen-bond donors (Lipinski definition) is 0. The molecular formula is C19H26N4O2S. The summed E-state index contributed by atoms with van der Waals surface area (Å²) in [4.78, 5) is 15.4. The van der Waals surface area contributed by atoms with Crippen LogP contribution in [0.25, 0.3) is 0 Å². The van der Waals surface area contributed by atoms with E-state index in [0.717, 1.165) is 23.6 Å². The Morgan fingerprint density at radius 2 is 1.73 bits per heavy atom. The second-order valence-electron chi connectivity index (χ2n) is 7.30. The fourth-order valence-corrected chi connectivity index (χ4v) is 4.30. The van der Waals surface area contributed by atoms with Crippen LogP contribution in [0.15, 0.2) is 30.7 Å². The van der Waals surface area contributed by atoms with Crippen LogP contribution in [-0.2, 0) is 16.3 Å². The summed E-state index contributed by atoms with van der Waals surface area (Å²) in [5, 5.41) is 0. The second kappa shape index (κ2) is 7.70. The van der Waals surface area contributed by atoms with Gasteiger partial charge in [-0.1, -0.05) is 20.8 Å². The maximum atomic E-state index is 11.6. The SMILES string of the molecule is CC(C)c1ncc(C[C@H](C)c2ccnc(N3CCS(=O)(=O)CC3)c2)cn1. The first-order valence-corrected chi connectivity index (χ1v) is 10.9. The lowest BCUT2D eigenvalue weighted by atomic mass is 9.95. The van der Waals surface area contributed by atoms with E-state index < -0.39 is 9.84 Å². The van der Waals surface area contributed by atoms with Crippen LogP contribution in [0.4, 0.5) is 5.82 Å². The minimum atomic E-state index is -2.88. The van der Waals surface area contributed by atoms with Crippen molar-refractivity contribution < 1.29 is 8.42 Å². The average Bonchev–Trinajstić information content (AvgIpc) is 2.62. The molecule has 0 N–H and O–H groups in total. The van der Waals surface area contributed by atoms with Gasteiger partial charge in [0.2, 0.25) is 0 Å². The lowest BCUT2D eigenvalue weighted by Crippen LogP contribution is -2.40. The Labute approximate surface area is 155 Å². The first-order valence-electron chi connectivity index (χ1n) is 9.06. The molecule has 1 saturated heterocycles. The monoisotopic (exact) mass is 374 g/mol. The summed E-state index contributed by atoms with van der Waals surface area (Å²) in [6, 6.07) is 4.10. The lowest BCUT2D eigenvalue weighted by Gasteiger charge is -2.28. The zero-order valence-electron chi connectivity index (χ0n) is 15.6. The minimum absolute atomic E-state index is 0.202. The van der Waals surface area contributed by atoms with E-state index in [4.69, 9.17) is 0 Å². The molecule has 7 heteroatoms. The highest BCUT2D eigenvalue weighted by molar-refractivity contribution is 7.91. The summed E-state index contributed by atoms with van der Waals surface area (Å²) < 4.78 is 23.2. The van der Waals surface area contributed by atoms with Gasteiger partial charge in [-0.3, -0.25) is 0 Å². The third-order valence-electron chi connectivity index (χ3n) is 4.79. The summed E-state index contributed by atoms with van der Waals surface area (Å²) >= 11 is 0. The third-order valence-corrected chi connectivity index (χ3v) is 6.40. The Kier molecular flexibility index (Phi) is 5.55. The van der Waals surface area contributed by atoms with Gasteiger partial charge < -0.3 is 4.90 Å². The standard InChI is InChI=1S/C19H26N4O2S/c1-14(2)19-21-12-16(13-22-19)10-15(3)17-4-5-20-18(11-17)23-6-8-26(24,25)9-7-23/h4-5,11-15H,6-10H2,1-3H3/t15-/m0/s1. The zero-order chi connectivity index (χ0) is 18.7. The number of anilines is 1. The van der Waals surface area contributed by atoms with E-state index in [1.165, 1.54) is 5.56 Å². The second-order valence-corrected chi connectivity index (χ2v) is 9.60. The van der Waals surface area contributed by atoms with Gasteiger partial charge in [0, 0.05) is 37.6 Å². The van der Waals surface area contributed by atoms with E-state index in [1.54, 1.807) is 0 Å². The molecule has 0 unspecified atom stereocenters. The van der Waals surface area contributed by atoms with E-state index >= 15 is 0 Å². The molecule has 2 aromatic heterocycles. The molecule has 0 saturated carbocycles. The molecule has 1 atom stereocenters. The molecule has 140 valence electrons. The Balaban J connectivity index is 1.69. The zero-order valence-corrected chi connectivity index (χ0v) is 16.4. The summed E-state index contributed by atoms with van der Waals surface area (Å²) in [6.07, 6.45) is 6.49. The summed E-state index contributed by atoms with van der Waals surface area (Å²) in [5.41, 5.74) is 2.31. The van der Waals surface area contributed by atoms with Gasteiger partial charge in [0.25, 0.3) is 0 Å². The molecule has 0 bridgehead atoms. The molecule has 1 aliphatic rings. The number of rotatable bonds is 5. The maximum Gasteiger partial charge on any atom is 0.153 e. The summed E-state index contributed by atoms with van der Waals surface area (Å²) in [6.45, 7) is 7.37. The summed E-state index contributed by atoms with van der Waals surface area (Å²) in [7, 11) is -2.88. The minimum Gasteiger partial charge on any atom is -0.355 e. The van der Waals surface area contributed by atoms with Gasteiger partial charge in [-0.05, 0) is 35.6 Å². The predicted octanol–water partition coefficient (Wildman–Crippen LogP) is 2.58. The molecule has 0 aliphatic carbocycles. The van der Waals surface area contributed by atoms with E-state index in [-0.39, 0.29) is 11.5 Å². The fraction of sp³-hybridized carbons (Fsp3) is 0.526. The lowest BCUT2D eigenvalue weighted by molar-refractivity contribution is 0.586. The highest BCUT2D eigenvalue weighted by atomic mass is 32.2. The first-order chi connectivity index (χ1) is 12.3. The number of hydrogen-bond acceptors (Lipinski definition) is 6. The van der Waals surface area contributed by atoms with Crippen LogP contribution >= 0.6 is 0 Å². The van der Waals surface area contributed by atoms with Gasteiger partial charge in [-0.25, -0.2) is 23.4 Å². The molecule has 0 aromatic carbocycles. The van der Waals surface area contributed by atoms with Crippen molar-refractivity contribution in [2.45, 2.75) is 39.0 Å². The van der Waals surface area contributed by atoms with E-state index in [9.17, 15) is 8.42 Å². The molecule has 26 heavy (non-hydrogen) atoms. The third kappa shape index (κ3) is 4.58. The molecule has 0 amide bonds. The van der Waals surface area contributed by atoms with Gasteiger partial charge in [0.15, 0.2) is 9.84 Å². The van der Waals surface area contributed by atoms with E-state index in [2.05, 4.69) is 46.7 Å². The first kappa shape index (κ1) is 18.8. The van der Waals surface area contributed by atoms with Crippen LogP contribution in [-0.4, -0.2) is 48.0 Å². The smallest absolute Gasteiger partial charge is 0.153 e. The largest absolute Gasteiger partial charge is 0.355 e. The Hall–Kier alpha value is -2.02. The number of pyridine rings is 1. The Morgan fingerprint density at radius 3 is 2.35 bits per heavy atom. The molecular weight excluding hydrogens is 348 g/mol. The van der Waals surface area contributed by atoms with Crippen molar-refractivity contribution >= 4 is 15.7 Å². The van der Waals surface area contributed by atoms with Crippen molar-refractivity contribution in [2.75, 3.05) is 29.5 Å². The molecule has 3 heterocycles. The Morgan fingerprint density at radius 1 is 1.08 bits per heavy atom. The topological polar surface area (TPSA) is 76.1 Å². The molecule has 0 spiro atoms. The van der Waals surface area contributed by atoms with E-state index in [1.807, 2.05) is 24.7 Å². The van der Waals surface area contributed by atoms with Gasteiger partial charge in [-0.15, -0.1) is 0 Å². The Bertz CT molecular complexity index is 836. The molecule has 3 rings (SSSR count). The van der Waals surface area contributed by atoms with Crippen molar-refractivity contribution in [2.24, 2.45) is 0 Å². The number of aromatic nitrogens is 3. The summed E-state index contributed by atoms with van der Waals surface area (Å²) in [5.74, 6) is 2.77. The molecule has 6 nitrogen and oxygen atoms in total. The van der Waals surface area contributed by atoms with Gasteiger partial charge >= 0.3 is 0 Å². The van der Waals surface area contributed by atoms with Crippen molar-refractivity contribution in [1.29, 1.82) is 0 Å². The quantitative estimate of drug-likeness (QED) is 0.801. The van der Waals surface area contributed by atoms with Crippen LogP contribution in [0.3, 0.4) is 0 Å². The maximum absolute atomic E-state index is 11.6. The molecule has 0 radical (unpaired) electrons. The van der Waals surface area contributed by atoms with Crippen LogP contribution in [0.2, 0.25) is 0 Å². The fourth-order valence-electron chi connectivity index (χ4n) is 3.09. The van der Waals surface area contributed by atoms with Crippen LogP contribution < -0.4 is 4.90 Å². The van der Waals surface area contributed by atoms with E-state index in [0.29, 0.717) is 24.9 Å². The highest BCUT2D eigenvalue weighted by Gasteiger charge is 2.22. The predicted molar refractivity (Wildman–Crippen MR) is 103 cm³/mol. The van der Waals surface area contributed by atoms with Crippen molar-refractivity contribution in [3.05, 3.63) is 47.7 Å². The molecule has 1 aliphatic heterocycles. The molecule has 1 fully saturated rings. The number of sulfone groups is 1. The van der Waals surface area contributed by atoms with Gasteiger partial charge in [0.05, 0.1) is 11.5 Å². The normalized spacial score (nSPS) is 18.1.